The summed E-state index contributed by atoms with van der Waals surface area (Å²) in [6.45, 7) is 1.02. The molecule has 0 saturated carbocycles. The molecule has 3 rings (SSSR count). The molecule has 2 atom stereocenters. The van der Waals surface area contributed by atoms with Gasteiger partial charge in [0.25, 0.3) is 0 Å². The van der Waals surface area contributed by atoms with Crippen LogP contribution in [0.2, 0.25) is 0 Å². The normalized spacial score (nSPS) is 21.4. The Morgan fingerprint density at radius 2 is 1.91 bits per heavy atom. The second-order valence-electron chi connectivity index (χ2n) is 5.59. The summed E-state index contributed by atoms with van der Waals surface area (Å²) in [5.74, 6) is 0.985. The molecule has 1 saturated heterocycles. The minimum Gasteiger partial charge on any atom is -0.465 e. The summed E-state index contributed by atoms with van der Waals surface area (Å²) in [4.78, 5) is 17.2. The first-order valence-electron chi connectivity index (χ1n) is 7.43. The van der Waals surface area contributed by atoms with Gasteiger partial charge in [0, 0.05) is 31.2 Å². The molecule has 1 amide bonds. The monoisotopic (exact) mass is 297 g/mol. The topological polar surface area (TPSA) is 65.5 Å². The molecule has 0 spiro atoms. The quantitative estimate of drug-likeness (QED) is 0.914. The average molecular weight is 297 g/mol. The van der Waals surface area contributed by atoms with Crippen LogP contribution in [0.1, 0.15) is 17.9 Å². The number of aromatic nitrogens is 1. The van der Waals surface area contributed by atoms with Gasteiger partial charge in [-0.15, -0.1) is 0 Å². The summed E-state index contributed by atoms with van der Waals surface area (Å²) in [5.41, 5.74) is 1.18. The van der Waals surface area contributed by atoms with E-state index < -0.39 is 6.09 Å². The number of hydrogen-bond donors (Lipinski definition) is 2. The maximum absolute atomic E-state index is 11.4. The number of piperidine rings is 1. The molecule has 2 heterocycles. The average Bonchev–Trinajstić information content (AvgIpc) is 2.56. The van der Waals surface area contributed by atoms with Crippen molar-refractivity contribution in [3.63, 3.8) is 0 Å². The van der Waals surface area contributed by atoms with Gasteiger partial charge in [-0.3, -0.25) is 0 Å². The van der Waals surface area contributed by atoms with Crippen LogP contribution in [0.15, 0.2) is 54.7 Å². The number of likely N-dealkylation sites (tertiary alicyclic amines) is 1. The van der Waals surface area contributed by atoms with Crippen LogP contribution in [0.4, 0.5) is 10.6 Å². The highest BCUT2D eigenvalue weighted by Gasteiger charge is 2.30. The number of carboxylic acid groups (broad SMARTS) is 1. The van der Waals surface area contributed by atoms with Crippen LogP contribution in [0.5, 0.6) is 0 Å². The lowest BCUT2D eigenvalue weighted by atomic mass is 9.88. The van der Waals surface area contributed by atoms with Crippen LogP contribution in [0, 0.1) is 0 Å². The molecule has 1 fully saturated rings. The van der Waals surface area contributed by atoms with Gasteiger partial charge in [0.05, 0.1) is 0 Å². The minimum atomic E-state index is -0.867. The Hall–Kier alpha value is -2.56. The molecule has 114 valence electrons. The van der Waals surface area contributed by atoms with Gasteiger partial charge in [-0.2, -0.15) is 0 Å². The van der Waals surface area contributed by atoms with Crippen molar-refractivity contribution in [3.05, 3.63) is 60.3 Å². The van der Waals surface area contributed by atoms with Crippen LogP contribution in [0.3, 0.4) is 0 Å². The third kappa shape index (κ3) is 3.36. The van der Waals surface area contributed by atoms with Crippen molar-refractivity contribution in [2.45, 2.75) is 18.4 Å². The molecule has 0 bridgehead atoms. The Kier molecular flexibility index (Phi) is 4.23. The molecule has 2 aromatic rings. The zero-order chi connectivity index (χ0) is 15.4. The number of nitrogens with zero attached hydrogens (tertiary/aromatic N) is 2. The predicted octanol–water partition coefficient (Wildman–Crippen LogP) is 3.03. The molecule has 0 unspecified atom stereocenters. The molecule has 0 aliphatic carbocycles. The lowest BCUT2D eigenvalue weighted by molar-refractivity contribution is 0.127. The highest BCUT2D eigenvalue weighted by Crippen LogP contribution is 2.28. The van der Waals surface area contributed by atoms with E-state index in [-0.39, 0.29) is 12.0 Å². The second-order valence-corrected chi connectivity index (χ2v) is 5.59. The van der Waals surface area contributed by atoms with Crippen LogP contribution in [0.25, 0.3) is 0 Å². The zero-order valence-corrected chi connectivity index (χ0v) is 12.2. The van der Waals surface area contributed by atoms with Crippen LogP contribution >= 0.6 is 0 Å². The summed E-state index contributed by atoms with van der Waals surface area (Å²) in [7, 11) is 0. The van der Waals surface area contributed by atoms with Crippen LogP contribution in [-0.4, -0.2) is 40.2 Å². The van der Waals surface area contributed by atoms with Crippen molar-refractivity contribution in [2.75, 3.05) is 18.4 Å². The van der Waals surface area contributed by atoms with Crippen molar-refractivity contribution in [1.29, 1.82) is 0 Å². The van der Waals surface area contributed by atoms with E-state index in [1.165, 1.54) is 10.5 Å². The fourth-order valence-corrected chi connectivity index (χ4v) is 2.98. The van der Waals surface area contributed by atoms with E-state index in [2.05, 4.69) is 22.4 Å². The lowest BCUT2D eigenvalue weighted by Gasteiger charge is -2.37. The summed E-state index contributed by atoms with van der Waals surface area (Å²) >= 11 is 0. The molecule has 22 heavy (non-hydrogen) atoms. The molecule has 1 aromatic carbocycles. The second kappa shape index (κ2) is 6.47. The molecular weight excluding hydrogens is 278 g/mol. The number of amides is 1. The van der Waals surface area contributed by atoms with Gasteiger partial charge < -0.3 is 15.3 Å². The van der Waals surface area contributed by atoms with E-state index in [0.717, 1.165) is 12.2 Å². The SMILES string of the molecule is O=C(O)N1C[C@H](Nc2ccccn2)C[C@H](c2ccccc2)C1. The molecule has 0 radical (unpaired) electrons. The van der Waals surface area contributed by atoms with Gasteiger partial charge in [0.2, 0.25) is 0 Å². The number of benzene rings is 1. The summed E-state index contributed by atoms with van der Waals surface area (Å²) in [6.07, 6.45) is 1.76. The fraction of sp³-hybridized carbons (Fsp3) is 0.294. The van der Waals surface area contributed by atoms with E-state index in [9.17, 15) is 9.90 Å². The maximum Gasteiger partial charge on any atom is 0.407 e. The maximum atomic E-state index is 11.4. The smallest absolute Gasteiger partial charge is 0.407 e. The van der Waals surface area contributed by atoms with Crippen molar-refractivity contribution < 1.29 is 9.90 Å². The van der Waals surface area contributed by atoms with Crippen molar-refractivity contribution in [2.24, 2.45) is 0 Å². The van der Waals surface area contributed by atoms with Crippen LogP contribution < -0.4 is 5.32 Å². The van der Waals surface area contributed by atoms with E-state index in [1.54, 1.807) is 6.20 Å². The highest BCUT2D eigenvalue weighted by atomic mass is 16.4. The third-order valence-corrected chi connectivity index (χ3v) is 4.01. The number of hydrogen-bond acceptors (Lipinski definition) is 3. The zero-order valence-electron chi connectivity index (χ0n) is 12.2. The van der Waals surface area contributed by atoms with Gasteiger partial charge in [-0.25, -0.2) is 9.78 Å². The molecule has 1 aliphatic heterocycles. The van der Waals surface area contributed by atoms with E-state index in [0.29, 0.717) is 13.1 Å². The Morgan fingerprint density at radius 3 is 2.59 bits per heavy atom. The Morgan fingerprint density at radius 1 is 1.14 bits per heavy atom. The Bertz CT molecular complexity index is 618. The number of carbonyl (C=O) groups is 1. The number of pyridine rings is 1. The van der Waals surface area contributed by atoms with Gasteiger partial charge in [-0.05, 0) is 24.1 Å². The number of nitrogens with one attached hydrogen (secondary N) is 1. The van der Waals surface area contributed by atoms with Gasteiger partial charge >= 0.3 is 6.09 Å². The highest BCUT2D eigenvalue weighted by molar-refractivity contribution is 5.65. The van der Waals surface area contributed by atoms with Crippen molar-refractivity contribution in [3.8, 4) is 0 Å². The summed E-state index contributed by atoms with van der Waals surface area (Å²) in [6, 6.07) is 15.8. The first kappa shape index (κ1) is 14.4. The lowest BCUT2D eigenvalue weighted by Crippen LogP contribution is -2.47. The standard InChI is InChI=1S/C17H19N3O2/c21-17(22)20-11-14(13-6-2-1-3-7-13)10-15(12-20)19-16-8-4-5-9-18-16/h1-9,14-15H,10-12H2,(H,18,19)(H,21,22)/t14-,15+/m0/s1. The predicted molar refractivity (Wildman–Crippen MR) is 85.0 cm³/mol. The first-order valence-corrected chi connectivity index (χ1v) is 7.43. The van der Waals surface area contributed by atoms with Crippen LogP contribution in [-0.2, 0) is 0 Å². The molecule has 1 aromatic heterocycles. The minimum absolute atomic E-state index is 0.0601. The van der Waals surface area contributed by atoms with E-state index in [1.807, 2.05) is 36.4 Å². The number of anilines is 1. The van der Waals surface area contributed by atoms with Gasteiger partial charge in [0.1, 0.15) is 5.82 Å². The summed E-state index contributed by atoms with van der Waals surface area (Å²) in [5, 5.41) is 12.7. The van der Waals surface area contributed by atoms with E-state index >= 15 is 0 Å². The third-order valence-electron chi connectivity index (χ3n) is 4.01. The largest absolute Gasteiger partial charge is 0.465 e. The fourth-order valence-electron chi connectivity index (χ4n) is 2.98. The van der Waals surface area contributed by atoms with E-state index in [4.69, 9.17) is 0 Å². The van der Waals surface area contributed by atoms with Crippen molar-refractivity contribution >= 4 is 11.9 Å². The van der Waals surface area contributed by atoms with Gasteiger partial charge in [-0.1, -0.05) is 36.4 Å². The van der Waals surface area contributed by atoms with Crippen molar-refractivity contribution in [1.82, 2.24) is 9.88 Å². The van der Waals surface area contributed by atoms with Gasteiger partial charge in [0.15, 0.2) is 0 Å². The molecule has 5 nitrogen and oxygen atoms in total. The first-order chi connectivity index (χ1) is 10.7. The Labute approximate surface area is 129 Å². The summed E-state index contributed by atoms with van der Waals surface area (Å²) < 4.78 is 0. The number of rotatable bonds is 3. The molecule has 5 heteroatoms. The molecule has 1 aliphatic rings. The molecule has 2 N–H and O–H groups in total. The Balaban J connectivity index is 1.77. The molecular formula is C17H19N3O2.